The van der Waals surface area contributed by atoms with Gasteiger partial charge in [0.25, 0.3) is 0 Å². The molecule has 0 aliphatic heterocycles. The van der Waals surface area contributed by atoms with E-state index >= 15 is 0 Å². The monoisotopic (exact) mass is 257 g/mol. The third-order valence-electron chi connectivity index (χ3n) is 5.23. The number of aryl methyl sites for hydroxylation is 2. The predicted molar refractivity (Wildman–Crippen MR) is 81.3 cm³/mol. The summed E-state index contributed by atoms with van der Waals surface area (Å²) in [6.45, 7) is 7.04. The summed E-state index contributed by atoms with van der Waals surface area (Å²) in [6, 6.07) is 8.32. The topological polar surface area (TPSA) is 12.0 Å². The van der Waals surface area contributed by atoms with Crippen molar-refractivity contribution in [2.45, 2.75) is 65.0 Å². The second-order valence-electron chi connectivity index (χ2n) is 6.96. The minimum atomic E-state index is 0.607. The molecule has 1 nitrogen and oxygen atoms in total. The minimum absolute atomic E-state index is 0.607. The SMILES string of the molecule is Cc1ccc2c(c1)C(NC1CCC(C)CC1C)CC2. The second-order valence-corrected chi connectivity index (χ2v) is 6.96. The van der Waals surface area contributed by atoms with Crippen LogP contribution in [0, 0.1) is 18.8 Å². The zero-order valence-corrected chi connectivity index (χ0v) is 12.6. The lowest BCUT2D eigenvalue weighted by Gasteiger charge is -2.35. The number of hydrogen-bond donors (Lipinski definition) is 1. The highest BCUT2D eigenvalue weighted by molar-refractivity contribution is 5.37. The van der Waals surface area contributed by atoms with Gasteiger partial charge in [-0.05, 0) is 62.0 Å². The van der Waals surface area contributed by atoms with Crippen molar-refractivity contribution in [2.75, 3.05) is 0 Å². The highest BCUT2D eigenvalue weighted by atomic mass is 15.0. The number of hydrogen-bond acceptors (Lipinski definition) is 1. The lowest BCUT2D eigenvalue weighted by atomic mass is 9.79. The predicted octanol–water partition coefficient (Wildman–Crippen LogP) is 4.40. The van der Waals surface area contributed by atoms with Gasteiger partial charge in [-0.25, -0.2) is 0 Å². The molecule has 0 spiro atoms. The molecule has 1 fully saturated rings. The fourth-order valence-corrected chi connectivity index (χ4v) is 4.07. The molecule has 19 heavy (non-hydrogen) atoms. The van der Waals surface area contributed by atoms with Crippen LogP contribution in [-0.2, 0) is 6.42 Å². The van der Waals surface area contributed by atoms with Gasteiger partial charge in [-0.3, -0.25) is 0 Å². The first kappa shape index (κ1) is 13.2. The van der Waals surface area contributed by atoms with E-state index in [0.717, 1.165) is 17.9 Å². The molecule has 1 aromatic rings. The van der Waals surface area contributed by atoms with Crippen LogP contribution >= 0.6 is 0 Å². The van der Waals surface area contributed by atoms with E-state index in [-0.39, 0.29) is 0 Å². The highest BCUT2D eigenvalue weighted by Crippen LogP contribution is 2.35. The largest absolute Gasteiger partial charge is 0.307 e. The van der Waals surface area contributed by atoms with Gasteiger partial charge in [0.1, 0.15) is 0 Å². The van der Waals surface area contributed by atoms with E-state index in [1.54, 1.807) is 11.1 Å². The molecule has 1 aromatic carbocycles. The number of fused-ring (bicyclic) bond motifs is 1. The third kappa shape index (κ3) is 2.72. The molecule has 4 atom stereocenters. The molecule has 0 saturated heterocycles. The van der Waals surface area contributed by atoms with E-state index in [0.29, 0.717) is 6.04 Å². The van der Waals surface area contributed by atoms with Crippen molar-refractivity contribution in [1.82, 2.24) is 5.32 Å². The van der Waals surface area contributed by atoms with E-state index in [9.17, 15) is 0 Å². The molecule has 0 bridgehead atoms. The van der Waals surface area contributed by atoms with Crippen molar-refractivity contribution >= 4 is 0 Å². The van der Waals surface area contributed by atoms with Gasteiger partial charge in [-0.15, -0.1) is 0 Å². The molecule has 0 amide bonds. The number of rotatable bonds is 2. The summed E-state index contributed by atoms with van der Waals surface area (Å²) in [5, 5.41) is 3.97. The van der Waals surface area contributed by atoms with Crippen molar-refractivity contribution in [3.63, 3.8) is 0 Å². The van der Waals surface area contributed by atoms with E-state index in [1.807, 2.05) is 0 Å². The molecular formula is C18H27N. The molecular weight excluding hydrogens is 230 g/mol. The van der Waals surface area contributed by atoms with Gasteiger partial charge in [0.15, 0.2) is 0 Å². The fourth-order valence-electron chi connectivity index (χ4n) is 4.07. The van der Waals surface area contributed by atoms with Crippen LogP contribution in [0.25, 0.3) is 0 Å². The van der Waals surface area contributed by atoms with Crippen molar-refractivity contribution in [1.29, 1.82) is 0 Å². The molecule has 0 radical (unpaired) electrons. The van der Waals surface area contributed by atoms with Crippen LogP contribution < -0.4 is 5.32 Å². The Morgan fingerprint density at radius 3 is 2.74 bits per heavy atom. The maximum Gasteiger partial charge on any atom is 0.0328 e. The Balaban J connectivity index is 1.71. The van der Waals surface area contributed by atoms with Gasteiger partial charge in [0, 0.05) is 12.1 Å². The first-order valence-corrected chi connectivity index (χ1v) is 7.99. The fraction of sp³-hybridized carbons (Fsp3) is 0.667. The Morgan fingerprint density at radius 1 is 1.11 bits per heavy atom. The smallest absolute Gasteiger partial charge is 0.0328 e. The highest BCUT2D eigenvalue weighted by Gasteiger charge is 2.30. The van der Waals surface area contributed by atoms with Crippen LogP contribution in [-0.4, -0.2) is 6.04 Å². The van der Waals surface area contributed by atoms with Gasteiger partial charge in [-0.2, -0.15) is 0 Å². The Morgan fingerprint density at radius 2 is 1.95 bits per heavy atom. The van der Waals surface area contributed by atoms with E-state index in [1.165, 1.54) is 37.7 Å². The van der Waals surface area contributed by atoms with Crippen LogP contribution in [0.1, 0.15) is 62.3 Å². The molecule has 4 unspecified atom stereocenters. The van der Waals surface area contributed by atoms with E-state index < -0.39 is 0 Å². The average molecular weight is 257 g/mol. The molecule has 2 aliphatic rings. The van der Waals surface area contributed by atoms with Gasteiger partial charge < -0.3 is 5.32 Å². The summed E-state index contributed by atoms with van der Waals surface area (Å²) in [6.07, 6.45) is 6.70. The molecule has 1 N–H and O–H groups in total. The Hall–Kier alpha value is -0.820. The average Bonchev–Trinajstić information content (AvgIpc) is 2.75. The summed E-state index contributed by atoms with van der Waals surface area (Å²) in [4.78, 5) is 0. The molecule has 0 heterocycles. The van der Waals surface area contributed by atoms with Gasteiger partial charge in [0.05, 0.1) is 0 Å². The molecule has 3 rings (SSSR count). The quantitative estimate of drug-likeness (QED) is 0.828. The lowest BCUT2D eigenvalue weighted by molar-refractivity contribution is 0.213. The number of benzene rings is 1. The van der Waals surface area contributed by atoms with Crippen molar-refractivity contribution in [3.05, 3.63) is 34.9 Å². The van der Waals surface area contributed by atoms with Crippen molar-refractivity contribution in [2.24, 2.45) is 11.8 Å². The third-order valence-corrected chi connectivity index (χ3v) is 5.23. The van der Waals surface area contributed by atoms with Crippen LogP contribution in [0.4, 0.5) is 0 Å². The number of nitrogens with one attached hydrogen (secondary N) is 1. The molecule has 1 heteroatoms. The maximum absolute atomic E-state index is 3.97. The molecule has 1 saturated carbocycles. The Labute approximate surface area is 117 Å². The minimum Gasteiger partial charge on any atom is -0.307 e. The van der Waals surface area contributed by atoms with Crippen molar-refractivity contribution < 1.29 is 0 Å². The maximum atomic E-state index is 3.97. The van der Waals surface area contributed by atoms with Crippen LogP contribution in [0.5, 0.6) is 0 Å². The first-order chi connectivity index (χ1) is 9.13. The summed E-state index contributed by atoms with van der Waals surface area (Å²) in [7, 11) is 0. The van der Waals surface area contributed by atoms with E-state index in [2.05, 4.69) is 44.3 Å². The van der Waals surface area contributed by atoms with Gasteiger partial charge >= 0.3 is 0 Å². The summed E-state index contributed by atoms with van der Waals surface area (Å²) in [5.74, 6) is 1.75. The van der Waals surface area contributed by atoms with E-state index in [4.69, 9.17) is 0 Å². The van der Waals surface area contributed by atoms with Crippen LogP contribution in [0.15, 0.2) is 18.2 Å². The molecule has 104 valence electrons. The van der Waals surface area contributed by atoms with Gasteiger partial charge in [-0.1, -0.05) is 37.6 Å². The zero-order chi connectivity index (χ0) is 13.4. The Bertz CT molecular complexity index is 451. The molecule has 2 aliphatic carbocycles. The normalized spacial score (nSPS) is 34.3. The Kier molecular flexibility index (Phi) is 3.66. The van der Waals surface area contributed by atoms with Crippen molar-refractivity contribution in [3.8, 4) is 0 Å². The zero-order valence-electron chi connectivity index (χ0n) is 12.6. The lowest BCUT2D eigenvalue weighted by Crippen LogP contribution is -2.40. The standard InChI is InChI=1S/C18H27N/c1-12-5-8-17(14(3)10-12)19-18-9-7-15-6-4-13(2)11-16(15)18/h4,6,11-12,14,17-19H,5,7-10H2,1-3H3. The summed E-state index contributed by atoms with van der Waals surface area (Å²) in [5.41, 5.74) is 4.54. The van der Waals surface area contributed by atoms with Crippen LogP contribution in [0.2, 0.25) is 0 Å². The summed E-state index contributed by atoms with van der Waals surface area (Å²) >= 11 is 0. The first-order valence-electron chi connectivity index (χ1n) is 7.99. The second kappa shape index (κ2) is 5.28. The summed E-state index contributed by atoms with van der Waals surface area (Å²) < 4.78 is 0. The van der Waals surface area contributed by atoms with Crippen LogP contribution in [0.3, 0.4) is 0 Å². The van der Waals surface area contributed by atoms with Gasteiger partial charge in [0.2, 0.25) is 0 Å². The molecule has 0 aromatic heterocycles.